The second kappa shape index (κ2) is 9.11. The van der Waals surface area contributed by atoms with E-state index in [0.717, 1.165) is 37.1 Å². The van der Waals surface area contributed by atoms with Crippen molar-refractivity contribution in [2.45, 2.75) is 25.6 Å². The fourth-order valence-electron chi connectivity index (χ4n) is 3.63. The summed E-state index contributed by atoms with van der Waals surface area (Å²) in [5.74, 6) is 2.11. The second-order valence-corrected chi connectivity index (χ2v) is 7.19. The van der Waals surface area contributed by atoms with Gasteiger partial charge in [0.15, 0.2) is 11.5 Å². The van der Waals surface area contributed by atoms with Crippen LogP contribution < -0.4 is 14.2 Å². The summed E-state index contributed by atoms with van der Waals surface area (Å²) in [5, 5.41) is 10.4. The molecular weight excluding hydrogens is 342 g/mol. The predicted octanol–water partition coefficient (Wildman–Crippen LogP) is 3.14. The highest BCUT2D eigenvalue weighted by Gasteiger charge is 2.27. The number of benzene rings is 2. The summed E-state index contributed by atoms with van der Waals surface area (Å²) < 4.78 is 17.2. The number of hydrogen-bond donors (Lipinski definition) is 1. The van der Waals surface area contributed by atoms with Crippen LogP contribution in [-0.2, 0) is 13.0 Å². The minimum Gasteiger partial charge on any atom is -0.493 e. The Hall–Kier alpha value is -2.24. The number of hydrogen-bond acceptors (Lipinski definition) is 5. The van der Waals surface area contributed by atoms with Gasteiger partial charge in [-0.2, -0.15) is 0 Å². The summed E-state index contributed by atoms with van der Waals surface area (Å²) >= 11 is 0. The Morgan fingerprint density at radius 1 is 1.04 bits per heavy atom. The average Bonchev–Trinajstić information content (AvgIpc) is 2.69. The van der Waals surface area contributed by atoms with Crippen molar-refractivity contribution in [1.29, 1.82) is 0 Å². The van der Waals surface area contributed by atoms with Gasteiger partial charge in [0.1, 0.15) is 6.61 Å². The highest BCUT2D eigenvalue weighted by Crippen LogP contribution is 2.40. The topological polar surface area (TPSA) is 51.2 Å². The highest BCUT2D eigenvalue weighted by atomic mass is 16.5. The van der Waals surface area contributed by atoms with Crippen LogP contribution in [-0.4, -0.2) is 50.5 Å². The molecule has 0 spiro atoms. The van der Waals surface area contributed by atoms with Crippen molar-refractivity contribution in [2.24, 2.45) is 5.92 Å². The first-order valence-electron chi connectivity index (χ1n) is 9.39. The van der Waals surface area contributed by atoms with Crippen molar-refractivity contribution in [1.82, 2.24) is 4.90 Å². The molecule has 2 unspecified atom stereocenters. The van der Waals surface area contributed by atoms with Crippen molar-refractivity contribution < 1.29 is 19.3 Å². The fraction of sp³-hybridized carbons (Fsp3) is 0.455. The third-order valence-electron chi connectivity index (χ3n) is 5.14. The predicted molar refractivity (Wildman–Crippen MR) is 106 cm³/mol. The van der Waals surface area contributed by atoms with E-state index in [0.29, 0.717) is 23.9 Å². The lowest BCUT2D eigenvalue weighted by Gasteiger charge is -2.34. The highest BCUT2D eigenvalue weighted by molar-refractivity contribution is 5.54. The van der Waals surface area contributed by atoms with Gasteiger partial charge in [0.2, 0.25) is 5.75 Å². The number of likely N-dealkylation sites (tertiary alicyclic amines) is 1. The number of ether oxygens (including phenoxy) is 3. The van der Waals surface area contributed by atoms with Gasteiger partial charge in [0.05, 0.1) is 20.3 Å². The van der Waals surface area contributed by atoms with Crippen LogP contribution in [0.2, 0.25) is 0 Å². The zero-order chi connectivity index (χ0) is 19.2. The molecule has 1 aliphatic rings. The van der Waals surface area contributed by atoms with Gasteiger partial charge in [-0.15, -0.1) is 0 Å². The summed E-state index contributed by atoms with van der Waals surface area (Å²) in [6, 6.07) is 14.0. The van der Waals surface area contributed by atoms with Gasteiger partial charge in [-0.25, -0.2) is 0 Å². The Labute approximate surface area is 161 Å². The molecule has 5 nitrogen and oxygen atoms in total. The van der Waals surface area contributed by atoms with E-state index >= 15 is 0 Å². The lowest BCUT2D eigenvalue weighted by Crippen LogP contribution is -2.41. The third kappa shape index (κ3) is 4.93. The molecule has 1 heterocycles. The summed E-state index contributed by atoms with van der Waals surface area (Å²) in [6.07, 6.45) is 1.32. The number of piperidine rings is 1. The molecule has 1 saturated heterocycles. The van der Waals surface area contributed by atoms with E-state index in [-0.39, 0.29) is 12.0 Å². The Bertz CT molecular complexity index is 709. The molecule has 2 atom stereocenters. The van der Waals surface area contributed by atoms with Crippen LogP contribution in [0.5, 0.6) is 17.2 Å². The first-order valence-corrected chi connectivity index (χ1v) is 9.39. The van der Waals surface area contributed by atoms with Gasteiger partial charge in [-0.05, 0) is 43.1 Å². The Kier molecular flexibility index (Phi) is 6.58. The minimum atomic E-state index is -0.271. The lowest BCUT2D eigenvalue weighted by atomic mass is 9.89. The molecule has 5 heteroatoms. The summed E-state index contributed by atoms with van der Waals surface area (Å²) in [4.78, 5) is 2.27. The van der Waals surface area contributed by atoms with Crippen LogP contribution in [0.3, 0.4) is 0 Å². The molecule has 0 bridgehead atoms. The first kappa shape index (κ1) is 19.5. The van der Waals surface area contributed by atoms with Gasteiger partial charge in [0.25, 0.3) is 0 Å². The minimum absolute atomic E-state index is 0.203. The Morgan fingerprint density at radius 2 is 1.70 bits per heavy atom. The molecule has 1 fully saturated rings. The molecule has 0 saturated carbocycles. The van der Waals surface area contributed by atoms with Crippen molar-refractivity contribution in [3.8, 4) is 17.2 Å². The molecular formula is C22H29NO4. The SMILES string of the molecule is COc1cc(CC2CN(C)CCC2O)cc(OC)c1OCc1ccccc1. The molecule has 2 aromatic carbocycles. The molecule has 0 aliphatic carbocycles. The van der Waals surface area contributed by atoms with E-state index in [1.807, 2.05) is 42.5 Å². The van der Waals surface area contributed by atoms with E-state index in [9.17, 15) is 5.11 Å². The van der Waals surface area contributed by atoms with E-state index in [2.05, 4.69) is 11.9 Å². The summed E-state index contributed by atoms with van der Waals surface area (Å²) in [5.41, 5.74) is 2.16. The van der Waals surface area contributed by atoms with Gasteiger partial charge in [0, 0.05) is 19.0 Å². The van der Waals surface area contributed by atoms with Crippen molar-refractivity contribution in [3.63, 3.8) is 0 Å². The number of methoxy groups -OCH3 is 2. The molecule has 146 valence electrons. The smallest absolute Gasteiger partial charge is 0.203 e. The quantitative estimate of drug-likeness (QED) is 0.810. The van der Waals surface area contributed by atoms with E-state index < -0.39 is 0 Å². The third-order valence-corrected chi connectivity index (χ3v) is 5.14. The van der Waals surface area contributed by atoms with E-state index in [1.165, 1.54) is 0 Å². The number of rotatable bonds is 7. The summed E-state index contributed by atoms with van der Waals surface area (Å²) in [6.45, 7) is 2.27. The van der Waals surface area contributed by atoms with Gasteiger partial charge >= 0.3 is 0 Å². The van der Waals surface area contributed by atoms with Crippen LogP contribution >= 0.6 is 0 Å². The Morgan fingerprint density at radius 3 is 2.33 bits per heavy atom. The lowest BCUT2D eigenvalue weighted by molar-refractivity contribution is 0.0366. The summed E-state index contributed by atoms with van der Waals surface area (Å²) in [7, 11) is 5.37. The van der Waals surface area contributed by atoms with Crippen LogP contribution in [0.25, 0.3) is 0 Å². The average molecular weight is 371 g/mol. The molecule has 1 aliphatic heterocycles. The zero-order valence-corrected chi connectivity index (χ0v) is 16.4. The molecule has 0 aromatic heterocycles. The number of nitrogens with zero attached hydrogens (tertiary/aromatic N) is 1. The monoisotopic (exact) mass is 371 g/mol. The molecule has 2 aromatic rings. The number of aliphatic hydroxyl groups is 1. The molecule has 3 rings (SSSR count). The molecule has 0 radical (unpaired) electrons. The zero-order valence-electron chi connectivity index (χ0n) is 16.4. The van der Waals surface area contributed by atoms with Gasteiger partial charge in [-0.1, -0.05) is 30.3 Å². The fourth-order valence-corrected chi connectivity index (χ4v) is 3.63. The first-order chi connectivity index (χ1) is 13.1. The van der Waals surface area contributed by atoms with E-state index in [4.69, 9.17) is 14.2 Å². The Balaban J connectivity index is 1.79. The number of aliphatic hydroxyl groups excluding tert-OH is 1. The maximum absolute atomic E-state index is 10.4. The van der Waals surface area contributed by atoms with Crippen molar-refractivity contribution in [3.05, 3.63) is 53.6 Å². The maximum atomic E-state index is 10.4. The maximum Gasteiger partial charge on any atom is 0.203 e. The largest absolute Gasteiger partial charge is 0.493 e. The molecule has 27 heavy (non-hydrogen) atoms. The van der Waals surface area contributed by atoms with Crippen LogP contribution in [0, 0.1) is 5.92 Å². The normalized spacial score (nSPS) is 20.3. The van der Waals surface area contributed by atoms with Gasteiger partial charge < -0.3 is 24.2 Å². The molecule has 0 amide bonds. The van der Waals surface area contributed by atoms with Gasteiger partial charge in [-0.3, -0.25) is 0 Å². The van der Waals surface area contributed by atoms with Crippen molar-refractivity contribution >= 4 is 0 Å². The van der Waals surface area contributed by atoms with Crippen LogP contribution in [0.1, 0.15) is 17.5 Å². The second-order valence-electron chi connectivity index (χ2n) is 7.19. The van der Waals surface area contributed by atoms with Crippen LogP contribution in [0.4, 0.5) is 0 Å². The standard InChI is InChI=1S/C22H29NO4/c1-23-10-9-19(24)18(14-23)11-17-12-20(25-2)22(21(13-17)26-3)27-15-16-7-5-4-6-8-16/h4-8,12-13,18-19,24H,9-11,14-15H2,1-3H3. The van der Waals surface area contributed by atoms with Crippen molar-refractivity contribution in [2.75, 3.05) is 34.4 Å². The molecule has 1 N–H and O–H groups in total. The van der Waals surface area contributed by atoms with Crippen LogP contribution in [0.15, 0.2) is 42.5 Å². The van der Waals surface area contributed by atoms with E-state index in [1.54, 1.807) is 14.2 Å².